The van der Waals surface area contributed by atoms with Gasteiger partial charge in [0, 0.05) is 23.9 Å². The molecule has 0 aliphatic carbocycles. The smallest absolute Gasteiger partial charge is 0.247 e. The Kier molecular flexibility index (Phi) is 10.7. The summed E-state index contributed by atoms with van der Waals surface area (Å²) in [5.41, 5.74) is 2.92. The minimum Gasteiger partial charge on any atom is -0.494 e. The SMILES string of the molecule is C=CC(=O)Nc1cccc(Oc2nc(Nc3ccc(OCCCCCCC(=O)NO)cc3)ncc2Cl)c1. The lowest BCUT2D eigenvalue weighted by Crippen LogP contribution is -2.17. The van der Waals surface area contributed by atoms with Gasteiger partial charge in [-0.05, 0) is 55.3 Å². The molecule has 0 atom stereocenters. The van der Waals surface area contributed by atoms with Gasteiger partial charge in [-0.1, -0.05) is 37.1 Å². The van der Waals surface area contributed by atoms with Crippen LogP contribution in [-0.4, -0.2) is 33.6 Å². The number of unbranched alkanes of at least 4 members (excludes halogenated alkanes) is 3. The highest BCUT2D eigenvalue weighted by Gasteiger charge is 2.10. The van der Waals surface area contributed by atoms with Crippen LogP contribution in [-0.2, 0) is 9.59 Å². The summed E-state index contributed by atoms with van der Waals surface area (Å²) in [6.45, 7) is 4.00. The molecular formula is C26H28ClN5O5. The van der Waals surface area contributed by atoms with E-state index >= 15 is 0 Å². The summed E-state index contributed by atoms with van der Waals surface area (Å²) >= 11 is 6.22. The number of benzene rings is 2. The molecule has 0 bridgehead atoms. The fraction of sp³-hybridized carbons (Fsp3) is 0.231. The molecule has 2 amide bonds. The van der Waals surface area contributed by atoms with Crippen LogP contribution in [0.4, 0.5) is 17.3 Å². The van der Waals surface area contributed by atoms with Gasteiger partial charge in [0.2, 0.25) is 23.6 Å². The van der Waals surface area contributed by atoms with Gasteiger partial charge >= 0.3 is 0 Å². The Hall–Kier alpha value is -4.15. The molecule has 194 valence electrons. The van der Waals surface area contributed by atoms with E-state index in [1.165, 1.54) is 12.3 Å². The summed E-state index contributed by atoms with van der Waals surface area (Å²) in [7, 11) is 0. The molecule has 0 unspecified atom stereocenters. The maximum Gasteiger partial charge on any atom is 0.247 e. The first-order chi connectivity index (χ1) is 18.0. The number of hydroxylamine groups is 1. The molecule has 3 aromatic rings. The number of hydrogen-bond donors (Lipinski definition) is 4. The van der Waals surface area contributed by atoms with E-state index in [4.69, 9.17) is 26.3 Å². The van der Waals surface area contributed by atoms with Crippen molar-refractivity contribution in [2.45, 2.75) is 32.1 Å². The van der Waals surface area contributed by atoms with Crippen molar-refractivity contribution >= 4 is 40.7 Å². The maximum atomic E-state index is 11.5. The predicted octanol–water partition coefficient (Wildman–Crippen LogP) is 5.63. The van der Waals surface area contributed by atoms with Gasteiger partial charge < -0.3 is 20.1 Å². The van der Waals surface area contributed by atoms with Crippen molar-refractivity contribution in [1.29, 1.82) is 0 Å². The summed E-state index contributed by atoms with van der Waals surface area (Å²) in [6, 6.07) is 14.2. The summed E-state index contributed by atoms with van der Waals surface area (Å²) in [4.78, 5) is 31.0. The first-order valence-corrected chi connectivity index (χ1v) is 12.0. The van der Waals surface area contributed by atoms with Crippen LogP contribution in [0.1, 0.15) is 32.1 Å². The second-order valence-electron chi connectivity index (χ2n) is 7.87. The second-order valence-corrected chi connectivity index (χ2v) is 8.27. The van der Waals surface area contributed by atoms with Gasteiger partial charge in [0.15, 0.2) is 0 Å². The zero-order chi connectivity index (χ0) is 26.5. The highest BCUT2D eigenvalue weighted by molar-refractivity contribution is 6.31. The topological polar surface area (TPSA) is 135 Å². The molecule has 10 nitrogen and oxygen atoms in total. The van der Waals surface area contributed by atoms with Crippen LogP contribution >= 0.6 is 11.6 Å². The number of carbonyl (C=O) groups excluding carboxylic acids is 2. The first kappa shape index (κ1) is 27.4. The molecule has 0 spiro atoms. The molecule has 2 aromatic carbocycles. The van der Waals surface area contributed by atoms with Gasteiger partial charge in [-0.25, -0.2) is 10.5 Å². The Morgan fingerprint density at radius 3 is 2.57 bits per heavy atom. The number of anilines is 3. The van der Waals surface area contributed by atoms with Crippen molar-refractivity contribution in [3.63, 3.8) is 0 Å². The van der Waals surface area contributed by atoms with Crippen LogP contribution in [0.5, 0.6) is 17.4 Å². The molecule has 0 radical (unpaired) electrons. The minimum absolute atomic E-state index is 0.156. The molecule has 4 N–H and O–H groups in total. The number of carbonyl (C=O) groups is 2. The van der Waals surface area contributed by atoms with E-state index in [0.29, 0.717) is 30.4 Å². The average Bonchev–Trinajstić information content (AvgIpc) is 2.91. The Morgan fingerprint density at radius 1 is 1.03 bits per heavy atom. The molecule has 0 saturated heterocycles. The highest BCUT2D eigenvalue weighted by atomic mass is 35.5. The van der Waals surface area contributed by atoms with Gasteiger partial charge in [0.25, 0.3) is 0 Å². The normalized spacial score (nSPS) is 10.3. The van der Waals surface area contributed by atoms with Crippen LogP contribution in [0.25, 0.3) is 0 Å². The van der Waals surface area contributed by atoms with Crippen LogP contribution in [0.3, 0.4) is 0 Å². The molecule has 0 aliphatic heterocycles. The lowest BCUT2D eigenvalue weighted by atomic mass is 10.1. The van der Waals surface area contributed by atoms with Gasteiger partial charge in [0.05, 0.1) is 12.8 Å². The number of amides is 2. The standard InChI is InChI=1S/C26H28ClN5O5/c1-2-23(33)29-19-8-7-9-21(16-19)37-25-22(27)17-28-26(31-25)30-18-11-13-20(14-12-18)36-15-6-4-3-5-10-24(34)32-35/h2,7-9,11-14,16-17,35H,1,3-6,10,15H2,(H,29,33)(H,32,34)(H,28,30,31). The molecule has 1 aromatic heterocycles. The van der Waals surface area contributed by atoms with Gasteiger partial charge in [-0.3, -0.25) is 14.8 Å². The number of aromatic nitrogens is 2. The quantitative estimate of drug-likeness (QED) is 0.0921. The van der Waals surface area contributed by atoms with Crippen molar-refractivity contribution < 1.29 is 24.3 Å². The van der Waals surface area contributed by atoms with Crippen molar-refractivity contribution in [3.05, 3.63) is 72.4 Å². The lowest BCUT2D eigenvalue weighted by Gasteiger charge is -2.11. The van der Waals surface area contributed by atoms with Gasteiger partial charge in [0.1, 0.15) is 16.5 Å². The van der Waals surface area contributed by atoms with E-state index in [-0.39, 0.29) is 22.7 Å². The lowest BCUT2D eigenvalue weighted by molar-refractivity contribution is -0.129. The molecule has 37 heavy (non-hydrogen) atoms. The molecule has 0 saturated carbocycles. The zero-order valence-electron chi connectivity index (χ0n) is 20.1. The number of nitrogens with one attached hydrogen (secondary N) is 3. The van der Waals surface area contributed by atoms with E-state index in [1.54, 1.807) is 29.7 Å². The van der Waals surface area contributed by atoms with Crippen molar-refractivity contribution in [2.24, 2.45) is 0 Å². The third kappa shape index (κ3) is 9.43. The van der Waals surface area contributed by atoms with Crippen LogP contribution < -0.4 is 25.6 Å². The first-order valence-electron chi connectivity index (χ1n) is 11.6. The largest absolute Gasteiger partial charge is 0.494 e. The Morgan fingerprint density at radius 2 is 1.81 bits per heavy atom. The van der Waals surface area contributed by atoms with E-state index in [9.17, 15) is 9.59 Å². The Labute approximate surface area is 219 Å². The van der Waals surface area contributed by atoms with E-state index < -0.39 is 0 Å². The third-order valence-corrected chi connectivity index (χ3v) is 5.27. The summed E-state index contributed by atoms with van der Waals surface area (Å²) < 4.78 is 11.6. The zero-order valence-corrected chi connectivity index (χ0v) is 20.8. The fourth-order valence-corrected chi connectivity index (χ4v) is 3.31. The van der Waals surface area contributed by atoms with Crippen LogP contribution in [0.15, 0.2) is 67.4 Å². The number of rotatable bonds is 14. The Bertz CT molecular complexity index is 1210. The minimum atomic E-state index is -0.362. The molecule has 11 heteroatoms. The summed E-state index contributed by atoms with van der Waals surface area (Å²) in [5.74, 6) is 0.920. The van der Waals surface area contributed by atoms with E-state index in [2.05, 4.69) is 27.2 Å². The van der Waals surface area contributed by atoms with Crippen LogP contribution in [0.2, 0.25) is 5.02 Å². The number of hydrogen-bond acceptors (Lipinski definition) is 8. The average molecular weight is 526 g/mol. The maximum absolute atomic E-state index is 11.5. The monoisotopic (exact) mass is 525 g/mol. The van der Waals surface area contributed by atoms with Gasteiger partial charge in [-0.15, -0.1) is 0 Å². The molecule has 0 fully saturated rings. The molecule has 3 rings (SSSR count). The molecular weight excluding hydrogens is 498 g/mol. The van der Waals surface area contributed by atoms with E-state index in [1.807, 2.05) is 24.3 Å². The number of ether oxygens (including phenoxy) is 2. The highest BCUT2D eigenvalue weighted by Crippen LogP contribution is 2.30. The number of halogens is 1. The molecule has 0 aliphatic rings. The summed E-state index contributed by atoms with van der Waals surface area (Å²) in [6.07, 6.45) is 6.36. The number of nitrogens with zero attached hydrogens (tertiary/aromatic N) is 2. The Balaban J connectivity index is 1.50. The van der Waals surface area contributed by atoms with Crippen LogP contribution in [0, 0.1) is 0 Å². The second kappa shape index (κ2) is 14.4. The fourth-order valence-electron chi connectivity index (χ4n) is 3.18. The predicted molar refractivity (Wildman–Crippen MR) is 141 cm³/mol. The van der Waals surface area contributed by atoms with Crippen molar-refractivity contribution in [2.75, 3.05) is 17.2 Å². The summed E-state index contributed by atoms with van der Waals surface area (Å²) in [5, 5.41) is 14.5. The third-order valence-electron chi connectivity index (χ3n) is 5.02. The van der Waals surface area contributed by atoms with Gasteiger partial charge in [-0.2, -0.15) is 4.98 Å². The molecule has 1 heterocycles. The van der Waals surface area contributed by atoms with Crippen molar-refractivity contribution in [3.8, 4) is 17.4 Å². The van der Waals surface area contributed by atoms with Crippen molar-refractivity contribution in [1.82, 2.24) is 15.4 Å². The van der Waals surface area contributed by atoms with E-state index in [0.717, 1.165) is 37.1 Å².